The molecule has 0 aliphatic carbocycles. The van der Waals surface area contributed by atoms with Crippen molar-refractivity contribution in [2.75, 3.05) is 13.1 Å². The third kappa shape index (κ3) is 43.6. The minimum Gasteiger partial charge on any atom is -2.00 e. The minimum absolute atomic E-state index is 0. The Kier molecular flexibility index (Phi) is 79.4. The van der Waals surface area contributed by atoms with Gasteiger partial charge < -0.3 is 148 Å². The number of quaternary nitrogens is 2. The van der Waals surface area contributed by atoms with Crippen LogP contribution in [0.4, 0.5) is 0 Å². The Morgan fingerprint density at radius 1 is 0.106 bits per heavy atom. The maximum Gasteiger partial charge on any atom is 3.00 e. The summed E-state index contributed by atoms with van der Waals surface area (Å²) in [6.45, 7) is 1.92. The molecular weight excluding hydrogens is 2780 g/mol. The van der Waals surface area contributed by atoms with E-state index in [1.165, 1.54) is 95.5 Å². The van der Waals surface area contributed by atoms with Crippen molar-refractivity contribution in [1.82, 2.24) is 0 Å². The Balaban J connectivity index is -0.00000147. The van der Waals surface area contributed by atoms with Crippen LogP contribution in [0.15, 0.2) is 546 Å². The van der Waals surface area contributed by atoms with Gasteiger partial charge in [0.15, 0.2) is 0 Å². The summed E-state index contributed by atoms with van der Waals surface area (Å²) in [5, 5.41) is 25.2. The Hall–Kier alpha value is -3.64. The van der Waals surface area contributed by atoms with E-state index in [1.54, 1.807) is 0 Å². The monoisotopic (exact) mass is 2890 g/mol. The average molecular weight is 2880 g/mol. The number of benzene rings is 18. The Bertz CT molecular complexity index is 4190. The molecule has 132 heavy (non-hydrogen) atoms. The van der Waals surface area contributed by atoms with E-state index in [4.69, 9.17) is 0 Å². The van der Waals surface area contributed by atoms with Gasteiger partial charge in [-0.2, -0.15) is 0 Å². The predicted octanol–water partition coefficient (Wildman–Crippen LogP) is 15.1. The SMILES string of the molecule is [NH3+]CC[NH3+].[Rh+2].[Rh+2].[Rh+2].[Rh+2].[Rh+3].[Rh+3].[Se-2].[Se-2].[Se-2].[Se-2].[Se-2].[Se-2].[Se-2].[Se-2].c1ccc(P(c2ccccc2)c2ccccc2)cc1.c1ccc(P(c2ccccc2)c2ccccc2)cc1.c1ccc(P(c2ccccc2)c2ccccc2)cc1.c1ccc(P(c2ccccc2)c2ccccc2)cc1.c1ccc(P(c2ccccc2)c2ccccc2)cc1.c1ccc(P(c2ccccc2)c2ccccc2)cc1. The van der Waals surface area contributed by atoms with Crippen molar-refractivity contribution in [2.45, 2.75) is 0 Å². The summed E-state index contributed by atoms with van der Waals surface area (Å²) in [5.74, 6) is 0. The molecule has 2 nitrogen and oxygen atoms in total. The van der Waals surface area contributed by atoms with Crippen molar-refractivity contribution in [3.8, 4) is 0 Å². The van der Waals surface area contributed by atoms with Gasteiger partial charge in [-0.05, 0) is 143 Å². The first kappa shape index (κ1) is 132. The van der Waals surface area contributed by atoms with Gasteiger partial charge in [-0.15, -0.1) is 0 Å². The molecule has 0 saturated heterocycles. The predicted molar refractivity (Wildman–Crippen MR) is 572 cm³/mol. The van der Waals surface area contributed by atoms with Crippen molar-refractivity contribution in [1.29, 1.82) is 0 Å². The summed E-state index contributed by atoms with van der Waals surface area (Å²) in [7, 11) is -2.68. The zero-order valence-electron chi connectivity index (χ0n) is 71.7. The van der Waals surface area contributed by atoms with Crippen molar-refractivity contribution in [3.63, 3.8) is 0 Å². The third-order valence-corrected chi connectivity index (χ3v) is 33.2. The van der Waals surface area contributed by atoms with Gasteiger partial charge in [0.05, 0.1) is 0 Å². The van der Waals surface area contributed by atoms with E-state index in [2.05, 4.69) is 557 Å². The molecule has 0 heterocycles. The third-order valence-electron chi connectivity index (χ3n) is 18.5. The maximum atomic E-state index is 3.54. The molecule has 0 aliphatic heterocycles. The van der Waals surface area contributed by atoms with Gasteiger partial charge in [-0.1, -0.05) is 546 Å². The molecule has 0 spiro atoms. The Morgan fingerprint density at radius 2 is 0.152 bits per heavy atom. The summed E-state index contributed by atoms with van der Waals surface area (Å²) in [5.41, 5.74) is 7.08. The molecule has 4 radical (unpaired) electrons. The number of hydrogen-bond donors (Lipinski definition) is 2. The minimum atomic E-state index is -0.446. The van der Waals surface area contributed by atoms with E-state index < -0.39 is 47.5 Å². The summed E-state index contributed by atoms with van der Waals surface area (Å²) in [6, 6.07) is 194. The molecule has 6 N–H and O–H groups in total. The van der Waals surface area contributed by atoms with Crippen LogP contribution >= 0.6 is 47.5 Å². The van der Waals surface area contributed by atoms with Crippen molar-refractivity contribution >= 4 is 280 Å². The first-order valence-corrected chi connectivity index (χ1v) is 48.0. The largest absolute Gasteiger partial charge is 3.00 e. The van der Waals surface area contributed by atoms with Gasteiger partial charge in [0.2, 0.25) is 0 Å². The first-order valence-electron chi connectivity index (χ1n) is 39.9. The molecular formula is C110H100N2P6Rh6Se8. The summed E-state index contributed by atoms with van der Waals surface area (Å²) >= 11 is 0. The van der Waals surface area contributed by atoms with Gasteiger partial charge in [0.1, 0.15) is 13.1 Å². The van der Waals surface area contributed by atoms with Crippen LogP contribution in [0.1, 0.15) is 0 Å². The van der Waals surface area contributed by atoms with Crippen LogP contribution in [0.2, 0.25) is 0 Å². The van der Waals surface area contributed by atoms with Crippen LogP contribution in [-0.2, 0) is 117 Å². The number of hydrogen-bond acceptors (Lipinski definition) is 0. The molecule has 0 saturated carbocycles. The van der Waals surface area contributed by atoms with Gasteiger partial charge >= 0.3 is 117 Å². The second-order valence-corrected chi connectivity index (χ2v) is 40.1. The molecule has 18 rings (SSSR count). The van der Waals surface area contributed by atoms with Gasteiger partial charge in [-0.25, -0.2) is 0 Å². The van der Waals surface area contributed by atoms with Crippen LogP contribution < -0.4 is 107 Å². The van der Waals surface area contributed by atoms with E-state index in [-0.39, 0.29) is 253 Å². The quantitative estimate of drug-likeness (QED) is 0.0599. The van der Waals surface area contributed by atoms with Gasteiger partial charge in [0.25, 0.3) is 0 Å². The summed E-state index contributed by atoms with van der Waals surface area (Å²) < 4.78 is 0. The molecule has 0 amide bonds. The second kappa shape index (κ2) is 79.1. The van der Waals surface area contributed by atoms with Gasteiger partial charge in [-0.3, -0.25) is 0 Å². The normalized spacial score (nSPS) is 9.36. The fraction of sp³-hybridized carbons (Fsp3) is 0.0182. The molecule has 18 aromatic carbocycles. The molecule has 0 aromatic heterocycles. The van der Waals surface area contributed by atoms with E-state index in [0.29, 0.717) is 0 Å². The zero-order chi connectivity index (χ0) is 80.9. The molecule has 0 aliphatic rings. The van der Waals surface area contributed by atoms with E-state index in [0.717, 1.165) is 13.1 Å². The fourth-order valence-corrected chi connectivity index (χ4v) is 26.9. The second-order valence-electron chi connectivity index (χ2n) is 26.8. The molecule has 0 unspecified atom stereocenters. The van der Waals surface area contributed by atoms with E-state index in [9.17, 15) is 0 Å². The van der Waals surface area contributed by atoms with Gasteiger partial charge in [0, 0.05) is 0 Å². The first-order chi connectivity index (χ1) is 58.6. The molecule has 0 fully saturated rings. The molecule has 18 aromatic rings. The van der Waals surface area contributed by atoms with E-state index >= 15 is 0 Å². The van der Waals surface area contributed by atoms with Crippen molar-refractivity contribution in [3.05, 3.63) is 546 Å². The summed E-state index contributed by atoms with van der Waals surface area (Å²) in [6.07, 6.45) is 0. The van der Waals surface area contributed by atoms with Crippen LogP contribution in [0, 0.1) is 0 Å². The van der Waals surface area contributed by atoms with Crippen molar-refractivity contribution in [2.24, 2.45) is 0 Å². The van der Waals surface area contributed by atoms with Crippen molar-refractivity contribution < 1.29 is 128 Å². The van der Waals surface area contributed by atoms with Crippen LogP contribution in [0.3, 0.4) is 0 Å². The van der Waals surface area contributed by atoms with E-state index in [1.807, 2.05) is 0 Å². The smallest absolute Gasteiger partial charge is 2.00 e. The number of rotatable bonds is 19. The zero-order valence-corrected chi connectivity index (χ0v) is 101. The summed E-state index contributed by atoms with van der Waals surface area (Å²) in [4.78, 5) is 0. The molecule has 22 heteroatoms. The molecule has 0 bridgehead atoms. The standard InChI is InChI=1S/6C18H15P.C2H8N2.6Rh.8Se/c6*1-4-10-16(11-5-1)19(17-12-6-2-7-13-17)18-14-8-3-9-15-18;3-1-2-4;;;;;;;;;;;;;;/h6*1-15H;1-4H2;;;;;;;;;;;;;;/q;;;;;;;4*+2;2*+3;8*-2/p+2. The molecule has 682 valence electrons. The topological polar surface area (TPSA) is 55.3 Å². The van der Waals surface area contributed by atoms with Crippen LogP contribution in [0.5, 0.6) is 0 Å². The van der Waals surface area contributed by atoms with Crippen LogP contribution in [0.25, 0.3) is 0 Å². The fourth-order valence-electron chi connectivity index (χ4n) is 13.1. The maximum absolute atomic E-state index is 3.54. The Labute approximate surface area is 954 Å². The average Bonchev–Trinajstić information content (AvgIpc) is 0.851. The Morgan fingerprint density at radius 3 is 0.189 bits per heavy atom. The van der Waals surface area contributed by atoms with Crippen LogP contribution in [-0.4, -0.2) is 150 Å². The molecule has 0 atom stereocenters.